The van der Waals surface area contributed by atoms with Crippen LogP contribution >= 0.6 is 0 Å². The molecule has 1 aromatic rings. The molecule has 0 aromatic carbocycles. The molecule has 0 saturated carbocycles. The smallest absolute Gasteiger partial charge is 0.422 e. The number of nitrogen functional groups attached to an aromatic ring is 1. The van der Waals surface area contributed by atoms with Gasteiger partial charge < -0.3 is 15.2 Å². The average Bonchev–Trinajstić information content (AvgIpc) is 2.23. The van der Waals surface area contributed by atoms with Gasteiger partial charge in [-0.2, -0.15) is 36.3 Å². The van der Waals surface area contributed by atoms with E-state index in [4.69, 9.17) is 5.73 Å². The summed E-state index contributed by atoms with van der Waals surface area (Å²) in [6.45, 7) is -3.38. The van der Waals surface area contributed by atoms with Gasteiger partial charge in [0, 0.05) is 0 Å². The minimum absolute atomic E-state index is 0.643. The van der Waals surface area contributed by atoms with Gasteiger partial charge in [0.1, 0.15) is 6.33 Å². The first-order valence-electron chi connectivity index (χ1n) is 4.58. The Morgan fingerprint density at radius 1 is 0.895 bits per heavy atom. The average molecular weight is 291 g/mol. The molecule has 0 fully saturated rings. The van der Waals surface area contributed by atoms with E-state index in [1.54, 1.807) is 0 Å². The second-order valence-electron chi connectivity index (χ2n) is 3.21. The molecular weight excluding hydrogens is 284 g/mol. The SMILES string of the molecule is Nc1c(OCC(F)(F)F)ncnc1OCC(F)(F)F. The molecule has 0 aliphatic rings. The zero-order chi connectivity index (χ0) is 14.7. The van der Waals surface area contributed by atoms with Crippen molar-refractivity contribution in [2.75, 3.05) is 18.9 Å². The number of aromatic nitrogens is 2. The number of anilines is 1. The van der Waals surface area contributed by atoms with Crippen LogP contribution in [0, 0.1) is 0 Å². The highest BCUT2D eigenvalue weighted by Gasteiger charge is 2.31. The third-order valence-corrected chi connectivity index (χ3v) is 1.56. The van der Waals surface area contributed by atoms with Crippen LogP contribution in [-0.4, -0.2) is 35.5 Å². The van der Waals surface area contributed by atoms with Crippen LogP contribution in [0.2, 0.25) is 0 Å². The van der Waals surface area contributed by atoms with Crippen LogP contribution < -0.4 is 15.2 Å². The van der Waals surface area contributed by atoms with Crippen molar-refractivity contribution in [3.8, 4) is 11.8 Å². The Hall–Kier alpha value is -1.94. The molecule has 0 spiro atoms. The first-order valence-corrected chi connectivity index (χ1v) is 4.58. The van der Waals surface area contributed by atoms with Gasteiger partial charge in [0.2, 0.25) is 11.8 Å². The van der Waals surface area contributed by atoms with E-state index in [1.807, 2.05) is 0 Å². The predicted octanol–water partition coefficient (Wildman–Crippen LogP) is 1.94. The van der Waals surface area contributed by atoms with Crippen molar-refractivity contribution in [2.45, 2.75) is 12.4 Å². The van der Waals surface area contributed by atoms with Crippen LogP contribution in [0.25, 0.3) is 0 Å². The van der Waals surface area contributed by atoms with Gasteiger partial charge >= 0.3 is 12.4 Å². The quantitative estimate of drug-likeness (QED) is 0.858. The van der Waals surface area contributed by atoms with Crippen molar-refractivity contribution < 1.29 is 35.8 Å². The summed E-state index contributed by atoms with van der Waals surface area (Å²) in [4.78, 5) is 6.53. The molecule has 1 aromatic heterocycles. The molecule has 0 saturated heterocycles. The van der Waals surface area contributed by atoms with Gasteiger partial charge in [0.15, 0.2) is 18.9 Å². The fraction of sp³-hybridized carbons (Fsp3) is 0.500. The number of halogens is 6. The lowest BCUT2D eigenvalue weighted by Crippen LogP contribution is -2.22. The topological polar surface area (TPSA) is 70.3 Å². The molecule has 0 aliphatic heterocycles. The van der Waals surface area contributed by atoms with Gasteiger partial charge in [-0.15, -0.1) is 0 Å². The summed E-state index contributed by atoms with van der Waals surface area (Å²) < 4.78 is 79.8. The third kappa shape index (κ3) is 5.48. The van der Waals surface area contributed by atoms with Crippen LogP contribution in [0.3, 0.4) is 0 Å². The molecule has 0 amide bonds. The Balaban J connectivity index is 2.75. The van der Waals surface area contributed by atoms with Crippen molar-refractivity contribution in [2.24, 2.45) is 0 Å². The largest absolute Gasteiger partial charge is 0.466 e. The van der Waals surface area contributed by atoms with Crippen LogP contribution in [0.1, 0.15) is 0 Å². The molecule has 0 bridgehead atoms. The van der Waals surface area contributed by atoms with E-state index in [0.29, 0.717) is 6.33 Å². The van der Waals surface area contributed by atoms with Gasteiger partial charge in [0.05, 0.1) is 0 Å². The van der Waals surface area contributed by atoms with E-state index in [1.165, 1.54) is 0 Å². The zero-order valence-corrected chi connectivity index (χ0v) is 9.05. The maximum Gasteiger partial charge on any atom is 0.422 e. The van der Waals surface area contributed by atoms with E-state index in [2.05, 4.69) is 19.4 Å². The monoisotopic (exact) mass is 291 g/mol. The maximum absolute atomic E-state index is 11.9. The van der Waals surface area contributed by atoms with Crippen molar-refractivity contribution in [1.29, 1.82) is 0 Å². The molecule has 11 heteroatoms. The number of rotatable bonds is 4. The molecule has 108 valence electrons. The van der Waals surface area contributed by atoms with Gasteiger partial charge in [-0.05, 0) is 0 Å². The third-order valence-electron chi connectivity index (χ3n) is 1.56. The highest BCUT2D eigenvalue weighted by molar-refractivity contribution is 5.55. The van der Waals surface area contributed by atoms with E-state index < -0.39 is 43.0 Å². The molecule has 1 heterocycles. The van der Waals surface area contributed by atoms with Crippen LogP contribution in [0.15, 0.2) is 6.33 Å². The standard InChI is InChI=1S/C8H7F6N3O2/c9-7(10,11)1-18-5-4(15)6(17-3-16-5)19-2-8(12,13)14/h3H,1-2,15H2. The van der Waals surface area contributed by atoms with Gasteiger partial charge in [-0.3, -0.25) is 0 Å². The summed E-state index contributed by atoms with van der Waals surface area (Å²) in [5.74, 6) is -1.41. The van der Waals surface area contributed by atoms with Crippen LogP contribution in [-0.2, 0) is 0 Å². The molecular formula is C8H7F6N3O2. The first-order chi connectivity index (χ1) is 8.58. The number of nitrogens with two attached hydrogens (primary N) is 1. The molecule has 0 unspecified atom stereocenters. The van der Waals surface area contributed by atoms with E-state index in [9.17, 15) is 26.3 Å². The summed E-state index contributed by atoms with van der Waals surface area (Å²) in [7, 11) is 0. The summed E-state index contributed by atoms with van der Waals surface area (Å²) in [5.41, 5.74) is 4.59. The van der Waals surface area contributed by atoms with E-state index in [-0.39, 0.29) is 0 Å². The lowest BCUT2D eigenvalue weighted by Gasteiger charge is -2.13. The van der Waals surface area contributed by atoms with Crippen LogP contribution in [0.5, 0.6) is 11.8 Å². The Labute approximate surface area is 102 Å². The van der Waals surface area contributed by atoms with Gasteiger partial charge in [-0.1, -0.05) is 0 Å². The number of hydrogen-bond acceptors (Lipinski definition) is 5. The number of hydrogen-bond donors (Lipinski definition) is 1. The second-order valence-corrected chi connectivity index (χ2v) is 3.21. The number of nitrogens with zero attached hydrogens (tertiary/aromatic N) is 2. The molecule has 19 heavy (non-hydrogen) atoms. The van der Waals surface area contributed by atoms with Gasteiger partial charge in [-0.25, -0.2) is 0 Å². The summed E-state index contributed by atoms with van der Waals surface area (Å²) in [6, 6.07) is 0. The Morgan fingerprint density at radius 2 is 1.26 bits per heavy atom. The summed E-state index contributed by atoms with van der Waals surface area (Å²) in [6.07, 6.45) is -8.59. The lowest BCUT2D eigenvalue weighted by molar-refractivity contribution is -0.154. The Bertz CT molecular complexity index is 397. The predicted molar refractivity (Wildman–Crippen MR) is 49.5 cm³/mol. The normalized spacial score (nSPS) is 12.3. The highest BCUT2D eigenvalue weighted by atomic mass is 19.4. The summed E-state index contributed by atoms with van der Waals surface area (Å²) in [5, 5.41) is 0. The van der Waals surface area contributed by atoms with Gasteiger partial charge in [0.25, 0.3) is 0 Å². The van der Waals surface area contributed by atoms with Crippen LogP contribution in [0.4, 0.5) is 32.0 Å². The Morgan fingerprint density at radius 3 is 1.58 bits per heavy atom. The lowest BCUT2D eigenvalue weighted by atomic mass is 10.5. The van der Waals surface area contributed by atoms with Crippen molar-refractivity contribution in [1.82, 2.24) is 9.97 Å². The summed E-state index contributed by atoms with van der Waals surface area (Å²) >= 11 is 0. The highest BCUT2D eigenvalue weighted by Crippen LogP contribution is 2.29. The number of alkyl halides is 6. The Kier molecular flexibility index (Phi) is 4.27. The maximum atomic E-state index is 11.9. The second kappa shape index (κ2) is 5.36. The fourth-order valence-electron chi connectivity index (χ4n) is 0.895. The van der Waals surface area contributed by atoms with E-state index in [0.717, 1.165) is 0 Å². The minimum Gasteiger partial charge on any atom is -0.466 e. The first kappa shape index (κ1) is 15.1. The minimum atomic E-state index is -4.63. The fourth-order valence-corrected chi connectivity index (χ4v) is 0.895. The molecule has 0 radical (unpaired) electrons. The number of ether oxygens (including phenoxy) is 2. The molecule has 0 atom stereocenters. The molecule has 0 aliphatic carbocycles. The van der Waals surface area contributed by atoms with Crippen molar-refractivity contribution >= 4 is 5.69 Å². The molecule has 2 N–H and O–H groups in total. The molecule has 5 nitrogen and oxygen atoms in total. The molecule has 1 rings (SSSR count). The zero-order valence-electron chi connectivity index (χ0n) is 9.05. The van der Waals surface area contributed by atoms with Crippen molar-refractivity contribution in [3.05, 3.63) is 6.33 Å². The van der Waals surface area contributed by atoms with E-state index >= 15 is 0 Å². The van der Waals surface area contributed by atoms with Crippen molar-refractivity contribution in [3.63, 3.8) is 0 Å².